The molecule has 0 aromatic heterocycles. The average Bonchev–Trinajstić information content (AvgIpc) is 2.59. The minimum absolute atomic E-state index is 0.00366. The van der Waals surface area contributed by atoms with E-state index in [9.17, 15) is 10.1 Å². The lowest BCUT2D eigenvalue weighted by Crippen LogP contribution is -2.50. The number of benzene rings is 1. The lowest BCUT2D eigenvalue weighted by atomic mass is 10.00. The Morgan fingerprint density at radius 1 is 1.38 bits per heavy atom. The third-order valence-electron chi connectivity index (χ3n) is 4.79. The van der Waals surface area contributed by atoms with Gasteiger partial charge in [0.2, 0.25) is 0 Å². The van der Waals surface area contributed by atoms with Gasteiger partial charge in [-0.25, -0.2) is 0 Å². The van der Waals surface area contributed by atoms with Crippen molar-refractivity contribution in [2.75, 3.05) is 19.6 Å². The van der Waals surface area contributed by atoms with Crippen LogP contribution in [-0.2, 0) is 4.79 Å². The SMILES string of the molecule is CC1CCCN(CC(C)NC(=O)C(Oc2ccccc2C#N)C(C)C)C1. The number of piperidine rings is 1. The molecule has 1 aliphatic heterocycles. The van der Waals surface area contributed by atoms with E-state index in [0.29, 0.717) is 11.3 Å². The molecule has 1 heterocycles. The minimum atomic E-state index is -0.618. The summed E-state index contributed by atoms with van der Waals surface area (Å²) in [7, 11) is 0. The summed E-state index contributed by atoms with van der Waals surface area (Å²) < 4.78 is 5.92. The Hall–Kier alpha value is -2.06. The molecule has 26 heavy (non-hydrogen) atoms. The number of nitriles is 1. The van der Waals surface area contributed by atoms with Gasteiger partial charge in [-0.3, -0.25) is 4.79 Å². The first-order valence-electron chi connectivity index (χ1n) is 9.59. The second-order valence-corrected chi connectivity index (χ2v) is 7.81. The van der Waals surface area contributed by atoms with E-state index >= 15 is 0 Å². The zero-order valence-electron chi connectivity index (χ0n) is 16.4. The molecule has 1 aliphatic rings. The molecule has 1 aromatic carbocycles. The first-order valence-corrected chi connectivity index (χ1v) is 9.59. The van der Waals surface area contributed by atoms with E-state index in [4.69, 9.17) is 4.74 Å². The van der Waals surface area contributed by atoms with Crippen molar-refractivity contribution >= 4 is 5.91 Å². The molecule has 0 aliphatic carbocycles. The number of hydrogen-bond donors (Lipinski definition) is 1. The molecule has 0 spiro atoms. The van der Waals surface area contributed by atoms with Gasteiger partial charge >= 0.3 is 0 Å². The molecule has 2 rings (SSSR count). The monoisotopic (exact) mass is 357 g/mol. The molecule has 142 valence electrons. The van der Waals surface area contributed by atoms with E-state index < -0.39 is 6.10 Å². The van der Waals surface area contributed by atoms with Crippen LogP contribution in [0.1, 0.15) is 46.1 Å². The highest BCUT2D eigenvalue weighted by Crippen LogP contribution is 2.21. The summed E-state index contributed by atoms with van der Waals surface area (Å²) in [4.78, 5) is 15.2. The maximum atomic E-state index is 12.8. The second kappa shape index (κ2) is 9.59. The van der Waals surface area contributed by atoms with E-state index in [2.05, 4.69) is 23.2 Å². The average molecular weight is 357 g/mol. The summed E-state index contributed by atoms with van der Waals surface area (Å²) in [5, 5.41) is 12.3. The largest absolute Gasteiger partial charge is 0.479 e. The Labute approximate surface area is 157 Å². The van der Waals surface area contributed by atoms with Gasteiger partial charge in [-0.05, 0) is 50.3 Å². The zero-order chi connectivity index (χ0) is 19.1. The molecule has 5 heteroatoms. The van der Waals surface area contributed by atoms with Gasteiger partial charge in [0.05, 0.1) is 5.56 Å². The number of rotatable bonds is 7. The van der Waals surface area contributed by atoms with Crippen molar-refractivity contribution in [2.45, 2.75) is 52.7 Å². The first kappa shape index (κ1) is 20.3. The van der Waals surface area contributed by atoms with Crippen LogP contribution in [0.5, 0.6) is 5.75 Å². The smallest absolute Gasteiger partial charge is 0.261 e. The predicted molar refractivity (Wildman–Crippen MR) is 103 cm³/mol. The summed E-state index contributed by atoms with van der Waals surface area (Å²) in [6.07, 6.45) is 1.90. The molecule has 1 saturated heterocycles. The number of nitrogens with one attached hydrogen (secondary N) is 1. The number of ether oxygens (including phenoxy) is 1. The van der Waals surface area contributed by atoms with Crippen molar-refractivity contribution in [3.8, 4) is 11.8 Å². The summed E-state index contributed by atoms with van der Waals surface area (Å²) >= 11 is 0. The maximum absolute atomic E-state index is 12.8. The number of carbonyl (C=O) groups is 1. The Balaban J connectivity index is 1.96. The standard InChI is InChI=1S/C21H31N3O2/c1-15(2)20(26-19-10-6-5-9-18(19)12-22)21(25)23-17(4)14-24-11-7-8-16(3)13-24/h5-6,9-10,15-17,20H,7-8,11,13-14H2,1-4H3,(H,23,25). The number of likely N-dealkylation sites (tertiary alicyclic amines) is 1. The number of nitrogens with zero attached hydrogens (tertiary/aromatic N) is 2. The quantitative estimate of drug-likeness (QED) is 0.814. The number of hydrogen-bond acceptors (Lipinski definition) is 4. The molecule has 1 amide bonds. The van der Waals surface area contributed by atoms with Gasteiger partial charge < -0.3 is 15.0 Å². The van der Waals surface area contributed by atoms with Crippen molar-refractivity contribution in [1.29, 1.82) is 5.26 Å². The summed E-state index contributed by atoms with van der Waals surface area (Å²) in [6, 6.07) is 9.21. The molecule has 3 unspecified atom stereocenters. The van der Waals surface area contributed by atoms with Gasteiger partial charge in [0.25, 0.3) is 5.91 Å². The van der Waals surface area contributed by atoms with Crippen LogP contribution in [0.4, 0.5) is 0 Å². The van der Waals surface area contributed by atoms with Crippen LogP contribution in [0.15, 0.2) is 24.3 Å². The van der Waals surface area contributed by atoms with E-state index in [1.54, 1.807) is 18.2 Å². The summed E-state index contributed by atoms with van der Waals surface area (Å²) in [5.74, 6) is 1.07. The van der Waals surface area contributed by atoms with Crippen LogP contribution >= 0.6 is 0 Å². The highest BCUT2D eigenvalue weighted by Gasteiger charge is 2.27. The van der Waals surface area contributed by atoms with Crippen LogP contribution in [0.25, 0.3) is 0 Å². The van der Waals surface area contributed by atoms with Crippen LogP contribution in [0.3, 0.4) is 0 Å². The fraction of sp³-hybridized carbons (Fsp3) is 0.619. The second-order valence-electron chi connectivity index (χ2n) is 7.81. The van der Waals surface area contributed by atoms with Crippen molar-refractivity contribution in [3.63, 3.8) is 0 Å². The van der Waals surface area contributed by atoms with Gasteiger partial charge in [0, 0.05) is 19.1 Å². The van der Waals surface area contributed by atoms with Crippen LogP contribution in [-0.4, -0.2) is 42.6 Å². The third kappa shape index (κ3) is 5.74. The Kier molecular flexibility index (Phi) is 7.47. The topological polar surface area (TPSA) is 65.4 Å². The van der Waals surface area contributed by atoms with Crippen molar-refractivity contribution in [2.24, 2.45) is 11.8 Å². The lowest BCUT2D eigenvalue weighted by molar-refractivity contribution is -0.130. The Morgan fingerprint density at radius 2 is 2.12 bits per heavy atom. The lowest BCUT2D eigenvalue weighted by Gasteiger charge is -2.33. The fourth-order valence-corrected chi connectivity index (χ4v) is 3.50. The predicted octanol–water partition coefficient (Wildman–Crippen LogP) is 3.20. The van der Waals surface area contributed by atoms with E-state index in [-0.39, 0.29) is 17.9 Å². The number of amides is 1. The van der Waals surface area contributed by atoms with Gasteiger partial charge in [-0.15, -0.1) is 0 Å². The molecular weight excluding hydrogens is 326 g/mol. The minimum Gasteiger partial charge on any atom is -0.479 e. The molecule has 5 nitrogen and oxygen atoms in total. The fourth-order valence-electron chi connectivity index (χ4n) is 3.50. The first-order chi connectivity index (χ1) is 12.4. The third-order valence-corrected chi connectivity index (χ3v) is 4.79. The molecular formula is C21H31N3O2. The molecule has 1 fully saturated rings. The maximum Gasteiger partial charge on any atom is 0.261 e. The summed E-state index contributed by atoms with van der Waals surface area (Å²) in [6.45, 7) is 11.3. The number of para-hydroxylation sites is 1. The van der Waals surface area contributed by atoms with Gasteiger partial charge in [0.15, 0.2) is 6.10 Å². The Morgan fingerprint density at radius 3 is 2.77 bits per heavy atom. The van der Waals surface area contributed by atoms with E-state index in [1.807, 2.05) is 26.8 Å². The molecule has 1 N–H and O–H groups in total. The van der Waals surface area contributed by atoms with Crippen LogP contribution < -0.4 is 10.1 Å². The van der Waals surface area contributed by atoms with Crippen LogP contribution in [0.2, 0.25) is 0 Å². The highest BCUT2D eigenvalue weighted by atomic mass is 16.5. The molecule has 0 saturated carbocycles. The van der Waals surface area contributed by atoms with E-state index in [1.165, 1.54) is 12.8 Å². The van der Waals surface area contributed by atoms with Gasteiger partial charge in [-0.1, -0.05) is 32.9 Å². The van der Waals surface area contributed by atoms with Crippen molar-refractivity contribution < 1.29 is 9.53 Å². The number of carbonyl (C=O) groups excluding carboxylic acids is 1. The van der Waals surface area contributed by atoms with E-state index in [0.717, 1.165) is 25.6 Å². The van der Waals surface area contributed by atoms with Crippen LogP contribution in [0, 0.1) is 23.2 Å². The molecule has 3 atom stereocenters. The van der Waals surface area contributed by atoms with Crippen molar-refractivity contribution in [1.82, 2.24) is 10.2 Å². The zero-order valence-corrected chi connectivity index (χ0v) is 16.4. The molecule has 0 bridgehead atoms. The Bertz CT molecular complexity index is 638. The van der Waals surface area contributed by atoms with Crippen molar-refractivity contribution in [3.05, 3.63) is 29.8 Å². The molecule has 0 radical (unpaired) electrons. The van der Waals surface area contributed by atoms with Gasteiger partial charge in [-0.2, -0.15) is 5.26 Å². The molecule has 1 aromatic rings. The highest BCUT2D eigenvalue weighted by molar-refractivity contribution is 5.81. The summed E-state index contributed by atoms with van der Waals surface area (Å²) in [5.41, 5.74) is 0.446. The van der Waals surface area contributed by atoms with Gasteiger partial charge in [0.1, 0.15) is 11.8 Å². The normalized spacial score (nSPS) is 20.2.